The van der Waals surface area contributed by atoms with E-state index in [1.807, 2.05) is 12.1 Å². The van der Waals surface area contributed by atoms with Crippen molar-refractivity contribution in [2.75, 3.05) is 19.6 Å². The molecule has 3 nitrogen and oxygen atoms in total. The molecule has 0 bridgehead atoms. The highest BCUT2D eigenvalue weighted by Gasteiger charge is 2.25. The minimum absolute atomic E-state index is 0.251. The summed E-state index contributed by atoms with van der Waals surface area (Å²) in [4.78, 5) is 2.45. The normalized spacial score (nSPS) is 18.7. The average Bonchev–Trinajstić information content (AvgIpc) is 2.74. The van der Waals surface area contributed by atoms with Crippen LogP contribution in [0.15, 0.2) is 22.8 Å². The third-order valence-electron chi connectivity index (χ3n) is 3.66. The molecule has 0 amide bonds. The maximum absolute atomic E-state index is 5.87. The Morgan fingerprint density at radius 1 is 1.56 bits per heavy atom. The van der Waals surface area contributed by atoms with Crippen LogP contribution in [0.4, 0.5) is 0 Å². The summed E-state index contributed by atoms with van der Waals surface area (Å²) in [7, 11) is 0. The predicted octanol–water partition coefficient (Wildman–Crippen LogP) is 2.40. The van der Waals surface area contributed by atoms with E-state index in [0.29, 0.717) is 6.54 Å². The summed E-state index contributed by atoms with van der Waals surface area (Å²) in [6.07, 6.45) is 5.89. The molecule has 0 spiro atoms. The third kappa shape index (κ3) is 2.47. The summed E-state index contributed by atoms with van der Waals surface area (Å²) in [6.45, 7) is 5.04. The summed E-state index contributed by atoms with van der Waals surface area (Å²) >= 11 is 0. The predicted molar refractivity (Wildman–Crippen MR) is 65.1 cm³/mol. The van der Waals surface area contributed by atoms with Crippen molar-refractivity contribution in [3.05, 3.63) is 24.2 Å². The zero-order valence-corrected chi connectivity index (χ0v) is 10.1. The molecule has 1 fully saturated rings. The fraction of sp³-hybridized carbons (Fsp3) is 0.692. The second-order valence-corrected chi connectivity index (χ2v) is 4.65. The fourth-order valence-electron chi connectivity index (χ4n) is 2.41. The van der Waals surface area contributed by atoms with Gasteiger partial charge in [0.05, 0.1) is 12.3 Å². The van der Waals surface area contributed by atoms with Crippen molar-refractivity contribution in [2.45, 2.75) is 32.2 Å². The maximum atomic E-state index is 5.87. The Labute approximate surface area is 97.6 Å². The van der Waals surface area contributed by atoms with E-state index in [1.165, 1.54) is 25.8 Å². The van der Waals surface area contributed by atoms with Crippen molar-refractivity contribution in [1.29, 1.82) is 0 Å². The Morgan fingerprint density at radius 3 is 2.81 bits per heavy atom. The molecule has 1 aromatic heterocycles. The van der Waals surface area contributed by atoms with Gasteiger partial charge in [-0.05, 0) is 37.4 Å². The molecule has 0 aliphatic heterocycles. The lowest BCUT2D eigenvalue weighted by Crippen LogP contribution is -2.38. The highest BCUT2D eigenvalue weighted by atomic mass is 16.3. The molecule has 90 valence electrons. The first-order chi connectivity index (χ1) is 7.85. The molecule has 1 unspecified atom stereocenters. The number of hydrogen-bond donors (Lipinski definition) is 1. The van der Waals surface area contributed by atoms with E-state index in [9.17, 15) is 0 Å². The van der Waals surface area contributed by atoms with Gasteiger partial charge in [-0.15, -0.1) is 0 Å². The lowest BCUT2D eigenvalue weighted by molar-refractivity contribution is 0.128. The van der Waals surface area contributed by atoms with Crippen LogP contribution in [0.1, 0.15) is 38.0 Å². The molecule has 0 aromatic carbocycles. The molecule has 1 aliphatic rings. The van der Waals surface area contributed by atoms with Crippen molar-refractivity contribution in [3.63, 3.8) is 0 Å². The summed E-state index contributed by atoms with van der Waals surface area (Å²) in [6, 6.07) is 4.22. The average molecular weight is 222 g/mol. The molecule has 2 rings (SSSR count). The molecule has 0 radical (unpaired) electrons. The number of nitrogens with two attached hydrogens (primary N) is 1. The molecule has 3 heteroatoms. The van der Waals surface area contributed by atoms with Gasteiger partial charge >= 0.3 is 0 Å². The molecule has 1 atom stereocenters. The largest absolute Gasteiger partial charge is 0.468 e. The molecular formula is C13H22N2O. The number of likely N-dealkylation sites (N-methyl/N-ethyl adjacent to an activating group) is 1. The molecule has 1 saturated carbocycles. The Morgan fingerprint density at radius 2 is 2.38 bits per heavy atom. The summed E-state index contributed by atoms with van der Waals surface area (Å²) in [5.41, 5.74) is 5.87. The lowest BCUT2D eigenvalue weighted by atomic mass is 9.85. The van der Waals surface area contributed by atoms with Crippen LogP contribution in [0.25, 0.3) is 0 Å². The van der Waals surface area contributed by atoms with Crippen LogP contribution in [-0.2, 0) is 0 Å². The Balaban J connectivity index is 1.99. The standard InChI is InChI=1S/C13H22N2O/c1-2-15(10-11-5-3-6-11)12(9-14)13-7-4-8-16-13/h4,7-8,11-12H,2-3,5-6,9-10,14H2,1H3. The maximum Gasteiger partial charge on any atom is 0.122 e. The number of furan rings is 1. The highest BCUT2D eigenvalue weighted by molar-refractivity contribution is 5.05. The van der Waals surface area contributed by atoms with Crippen LogP contribution >= 0.6 is 0 Å². The highest BCUT2D eigenvalue weighted by Crippen LogP contribution is 2.30. The van der Waals surface area contributed by atoms with E-state index < -0.39 is 0 Å². The van der Waals surface area contributed by atoms with E-state index in [2.05, 4.69) is 11.8 Å². The van der Waals surface area contributed by atoms with Crippen LogP contribution in [0.2, 0.25) is 0 Å². The summed E-state index contributed by atoms with van der Waals surface area (Å²) in [5, 5.41) is 0. The quantitative estimate of drug-likeness (QED) is 0.803. The smallest absolute Gasteiger partial charge is 0.122 e. The topological polar surface area (TPSA) is 42.4 Å². The second-order valence-electron chi connectivity index (χ2n) is 4.65. The zero-order valence-electron chi connectivity index (χ0n) is 10.1. The van der Waals surface area contributed by atoms with Gasteiger partial charge in [0.25, 0.3) is 0 Å². The minimum atomic E-state index is 0.251. The lowest BCUT2D eigenvalue weighted by Gasteiger charge is -2.35. The van der Waals surface area contributed by atoms with Crippen molar-refractivity contribution in [2.24, 2.45) is 11.7 Å². The van der Waals surface area contributed by atoms with E-state index in [4.69, 9.17) is 10.2 Å². The number of hydrogen-bond acceptors (Lipinski definition) is 3. The monoisotopic (exact) mass is 222 g/mol. The van der Waals surface area contributed by atoms with Crippen LogP contribution in [-0.4, -0.2) is 24.5 Å². The van der Waals surface area contributed by atoms with Gasteiger partial charge in [0.2, 0.25) is 0 Å². The van der Waals surface area contributed by atoms with Gasteiger partial charge in [0, 0.05) is 13.1 Å². The number of rotatable bonds is 6. The van der Waals surface area contributed by atoms with Crippen LogP contribution in [0.5, 0.6) is 0 Å². The molecule has 16 heavy (non-hydrogen) atoms. The van der Waals surface area contributed by atoms with E-state index in [0.717, 1.165) is 18.2 Å². The first-order valence-electron chi connectivity index (χ1n) is 6.32. The zero-order chi connectivity index (χ0) is 11.4. The third-order valence-corrected chi connectivity index (χ3v) is 3.66. The van der Waals surface area contributed by atoms with Gasteiger partial charge in [0.1, 0.15) is 5.76 Å². The molecule has 1 aromatic rings. The van der Waals surface area contributed by atoms with Gasteiger partial charge < -0.3 is 10.2 Å². The van der Waals surface area contributed by atoms with Crippen molar-refractivity contribution >= 4 is 0 Å². The van der Waals surface area contributed by atoms with Crippen molar-refractivity contribution in [3.8, 4) is 0 Å². The molecular weight excluding hydrogens is 200 g/mol. The van der Waals surface area contributed by atoms with Gasteiger partial charge in [-0.25, -0.2) is 0 Å². The van der Waals surface area contributed by atoms with Gasteiger partial charge in [-0.1, -0.05) is 13.3 Å². The van der Waals surface area contributed by atoms with Crippen molar-refractivity contribution < 1.29 is 4.42 Å². The molecule has 1 aliphatic carbocycles. The van der Waals surface area contributed by atoms with E-state index in [-0.39, 0.29) is 6.04 Å². The number of nitrogens with zero attached hydrogens (tertiary/aromatic N) is 1. The Kier molecular flexibility index (Phi) is 4.02. The van der Waals surface area contributed by atoms with E-state index in [1.54, 1.807) is 6.26 Å². The van der Waals surface area contributed by atoms with Crippen LogP contribution in [0.3, 0.4) is 0 Å². The minimum Gasteiger partial charge on any atom is -0.468 e. The SMILES string of the molecule is CCN(CC1CCC1)C(CN)c1ccco1. The second kappa shape index (κ2) is 5.51. The summed E-state index contributed by atoms with van der Waals surface area (Å²) in [5.74, 6) is 1.88. The molecule has 2 N–H and O–H groups in total. The summed E-state index contributed by atoms with van der Waals surface area (Å²) < 4.78 is 5.48. The van der Waals surface area contributed by atoms with Crippen LogP contribution < -0.4 is 5.73 Å². The van der Waals surface area contributed by atoms with Gasteiger partial charge in [0.15, 0.2) is 0 Å². The van der Waals surface area contributed by atoms with Gasteiger partial charge in [-0.3, -0.25) is 4.90 Å². The van der Waals surface area contributed by atoms with Crippen LogP contribution in [0, 0.1) is 5.92 Å². The molecule has 0 saturated heterocycles. The first kappa shape index (κ1) is 11.7. The van der Waals surface area contributed by atoms with Crippen molar-refractivity contribution in [1.82, 2.24) is 4.90 Å². The molecule has 1 heterocycles. The van der Waals surface area contributed by atoms with E-state index >= 15 is 0 Å². The Hall–Kier alpha value is -0.800. The first-order valence-corrected chi connectivity index (χ1v) is 6.32. The fourth-order valence-corrected chi connectivity index (χ4v) is 2.41. The Bertz CT molecular complexity index is 293. The van der Waals surface area contributed by atoms with Gasteiger partial charge in [-0.2, -0.15) is 0 Å².